The van der Waals surface area contributed by atoms with Gasteiger partial charge in [0.25, 0.3) is 0 Å². The molecule has 0 aliphatic carbocycles. The maximum absolute atomic E-state index is 5.95. The Labute approximate surface area is 93.1 Å². The van der Waals surface area contributed by atoms with Crippen LogP contribution in [0.2, 0.25) is 0 Å². The quantitative estimate of drug-likeness (QED) is 0.506. The number of rotatable bonds is 5. The van der Waals surface area contributed by atoms with Gasteiger partial charge in [0, 0.05) is 17.3 Å². The predicted molar refractivity (Wildman–Crippen MR) is 58.8 cm³/mol. The summed E-state index contributed by atoms with van der Waals surface area (Å²) < 4.78 is 0. The van der Waals surface area contributed by atoms with E-state index >= 15 is 0 Å². The molecule has 0 N–H and O–H groups in total. The maximum atomic E-state index is 5.95. The summed E-state index contributed by atoms with van der Waals surface area (Å²) in [7, 11) is 0. The van der Waals surface area contributed by atoms with Crippen LogP contribution < -0.4 is 0 Å². The van der Waals surface area contributed by atoms with Crippen molar-refractivity contribution in [3.63, 3.8) is 0 Å². The monoisotopic (exact) mass is 246 g/mol. The van der Waals surface area contributed by atoms with Crippen LogP contribution in [0, 0.1) is 0 Å². The van der Waals surface area contributed by atoms with Gasteiger partial charge < -0.3 is 0 Å². The lowest BCUT2D eigenvalue weighted by Gasteiger charge is -2.06. The molecule has 0 nitrogen and oxygen atoms in total. The topological polar surface area (TPSA) is 0 Å². The molecule has 0 heterocycles. The first kappa shape index (κ1) is 12.6. The maximum Gasteiger partial charge on any atom is 0.0738 e. The fourth-order valence-electron chi connectivity index (χ4n) is 0.656. The van der Waals surface area contributed by atoms with Crippen molar-refractivity contribution in [3.8, 4) is 0 Å². The molecule has 0 aromatic heterocycles. The van der Waals surface area contributed by atoms with Gasteiger partial charge in [-0.05, 0) is 12.0 Å². The minimum atomic E-state index is -0.194. The molecule has 0 rings (SSSR count). The highest BCUT2D eigenvalue weighted by atomic mass is 35.5. The van der Waals surface area contributed by atoms with E-state index in [1.54, 1.807) is 12.2 Å². The second-order valence-corrected chi connectivity index (χ2v) is 3.48. The Kier molecular flexibility index (Phi) is 8.69. The van der Waals surface area contributed by atoms with Gasteiger partial charge in [-0.3, -0.25) is 0 Å². The van der Waals surface area contributed by atoms with E-state index in [4.69, 9.17) is 46.4 Å². The molecule has 0 aromatic rings. The Morgan fingerprint density at radius 1 is 1.33 bits per heavy atom. The van der Waals surface area contributed by atoms with Crippen molar-refractivity contribution in [2.24, 2.45) is 0 Å². The summed E-state index contributed by atoms with van der Waals surface area (Å²) in [6.07, 6.45) is 4.29. The SMILES string of the molecule is Cl/C=C(/CCCl)C(Cl)/C=C\CCl. The van der Waals surface area contributed by atoms with E-state index in [1.165, 1.54) is 5.54 Å². The molecule has 0 aromatic carbocycles. The summed E-state index contributed by atoms with van der Waals surface area (Å²) >= 11 is 22.5. The zero-order valence-corrected chi connectivity index (χ0v) is 9.47. The highest BCUT2D eigenvalue weighted by molar-refractivity contribution is 6.28. The van der Waals surface area contributed by atoms with Gasteiger partial charge in [-0.15, -0.1) is 34.8 Å². The minimum absolute atomic E-state index is 0.194. The zero-order chi connectivity index (χ0) is 9.40. The van der Waals surface area contributed by atoms with E-state index in [0.717, 1.165) is 5.57 Å². The van der Waals surface area contributed by atoms with Crippen molar-refractivity contribution in [3.05, 3.63) is 23.3 Å². The third-order valence-electron chi connectivity index (χ3n) is 1.27. The van der Waals surface area contributed by atoms with E-state index < -0.39 is 0 Å². The van der Waals surface area contributed by atoms with Crippen molar-refractivity contribution in [1.82, 2.24) is 0 Å². The minimum Gasteiger partial charge on any atom is -0.126 e. The number of halogens is 4. The molecule has 0 aliphatic heterocycles. The Morgan fingerprint density at radius 3 is 2.42 bits per heavy atom. The number of hydrogen-bond acceptors (Lipinski definition) is 0. The lowest BCUT2D eigenvalue weighted by Crippen LogP contribution is -1.99. The summed E-state index contributed by atoms with van der Waals surface area (Å²) in [4.78, 5) is 0. The first-order valence-corrected chi connectivity index (χ1v) is 5.42. The van der Waals surface area contributed by atoms with Gasteiger partial charge in [0.2, 0.25) is 0 Å². The van der Waals surface area contributed by atoms with Crippen LogP contribution in [0.4, 0.5) is 0 Å². The Bertz CT molecular complexity index is 162. The molecule has 0 fully saturated rings. The molecule has 0 radical (unpaired) electrons. The van der Waals surface area contributed by atoms with Gasteiger partial charge in [-0.1, -0.05) is 23.8 Å². The fourth-order valence-corrected chi connectivity index (χ4v) is 1.56. The van der Waals surface area contributed by atoms with Crippen LogP contribution in [0.25, 0.3) is 0 Å². The van der Waals surface area contributed by atoms with Crippen LogP contribution in [-0.4, -0.2) is 17.1 Å². The number of hydrogen-bond donors (Lipinski definition) is 0. The van der Waals surface area contributed by atoms with Crippen LogP contribution in [0.3, 0.4) is 0 Å². The Hall–Kier alpha value is 0.640. The summed E-state index contributed by atoms with van der Waals surface area (Å²) in [5.74, 6) is 0.982. The average molecular weight is 248 g/mol. The van der Waals surface area contributed by atoms with E-state index in [-0.39, 0.29) is 5.38 Å². The largest absolute Gasteiger partial charge is 0.126 e. The summed E-state index contributed by atoms with van der Waals surface area (Å²) in [5.41, 5.74) is 2.38. The van der Waals surface area contributed by atoms with Crippen molar-refractivity contribution in [2.45, 2.75) is 11.8 Å². The summed E-state index contributed by atoms with van der Waals surface area (Å²) in [6, 6.07) is 0. The van der Waals surface area contributed by atoms with Gasteiger partial charge in [0.15, 0.2) is 0 Å². The molecule has 0 saturated heterocycles. The van der Waals surface area contributed by atoms with Gasteiger partial charge in [0.1, 0.15) is 0 Å². The van der Waals surface area contributed by atoms with Crippen molar-refractivity contribution in [1.29, 1.82) is 0 Å². The van der Waals surface area contributed by atoms with Crippen LogP contribution in [0.1, 0.15) is 6.42 Å². The third kappa shape index (κ3) is 5.31. The van der Waals surface area contributed by atoms with E-state index in [9.17, 15) is 0 Å². The molecule has 1 unspecified atom stereocenters. The number of allylic oxidation sites excluding steroid dienone is 3. The Morgan fingerprint density at radius 2 is 2.00 bits per heavy atom. The third-order valence-corrected chi connectivity index (χ3v) is 2.34. The second-order valence-electron chi connectivity index (χ2n) is 2.11. The lowest BCUT2D eigenvalue weighted by molar-refractivity contribution is 1.05. The van der Waals surface area contributed by atoms with E-state index in [0.29, 0.717) is 18.2 Å². The molecule has 0 saturated carbocycles. The first-order valence-electron chi connectivity index (χ1n) is 3.48. The predicted octanol–water partition coefficient (Wildman–Crippen LogP) is 4.14. The Balaban J connectivity index is 4.03. The fraction of sp³-hybridized carbons (Fsp3) is 0.500. The summed E-state index contributed by atoms with van der Waals surface area (Å²) in [6.45, 7) is 0. The lowest BCUT2D eigenvalue weighted by atomic mass is 10.1. The van der Waals surface area contributed by atoms with Crippen LogP contribution in [0.15, 0.2) is 23.3 Å². The molecule has 0 bridgehead atoms. The molecule has 0 amide bonds. The number of alkyl halides is 3. The molecule has 0 spiro atoms. The highest BCUT2D eigenvalue weighted by Crippen LogP contribution is 2.17. The molecule has 1 atom stereocenters. The van der Waals surface area contributed by atoms with E-state index in [1.807, 2.05) is 0 Å². The average Bonchev–Trinajstić information content (AvgIpc) is 2.10. The molecule has 70 valence electrons. The van der Waals surface area contributed by atoms with Crippen molar-refractivity contribution < 1.29 is 0 Å². The zero-order valence-electron chi connectivity index (χ0n) is 6.44. The molecular weight excluding hydrogens is 238 g/mol. The smallest absolute Gasteiger partial charge is 0.0738 e. The first-order chi connectivity index (χ1) is 5.76. The molecule has 12 heavy (non-hydrogen) atoms. The molecule has 4 heteroatoms. The second kappa shape index (κ2) is 8.25. The van der Waals surface area contributed by atoms with Gasteiger partial charge in [-0.25, -0.2) is 0 Å². The van der Waals surface area contributed by atoms with Crippen molar-refractivity contribution in [2.75, 3.05) is 11.8 Å². The van der Waals surface area contributed by atoms with E-state index in [2.05, 4.69) is 0 Å². The normalized spacial score (nSPS) is 15.5. The van der Waals surface area contributed by atoms with Crippen LogP contribution >= 0.6 is 46.4 Å². The van der Waals surface area contributed by atoms with Gasteiger partial charge in [-0.2, -0.15) is 0 Å². The highest BCUT2D eigenvalue weighted by Gasteiger charge is 2.05. The molecule has 0 aliphatic rings. The molecular formula is C8H10Cl4. The van der Waals surface area contributed by atoms with Gasteiger partial charge in [0.05, 0.1) is 5.38 Å². The van der Waals surface area contributed by atoms with Crippen molar-refractivity contribution >= 4 is 46.4 Å². The standard InChI is InChI=1S/C8H10Cl4/c9-4-1-2-8(12)7(6-11)3-5-10/h1-2,6,8H,3-5H2/b2-1-,7-6-. The summed E-state index contributed by atoms with van der Waals surface area (Å²) in [5, 5.41) is -0.194. The van der Waals surface area contributed by atoms with Crippen LogP contribution in [0.5, 0.6) is 0 Å². The van der Waals surface area contributed by atoms with Gasteiger partial charge >= 0.3 is 0 Å². The van der Waals surface area contributed by atoms with Crippen LogP contribution in [-0.2, 0) is 0 Å².